The molecule has 1 amide bonds. The monoisotopic (exact) mass is 381 g/mol. The molecule has 5 nitrogen and oxygen atoms in total. The van der Waals surface area contributed by atoms with Crippen LogP contribution in [0.1, 0.15) is 36.0 Å². The summed E-state index contributed by atoms with van der Waals surface area (Å²) in [5.74, 6) is -0.215. The number of carbonyl (C=O) groups excluding carboxylic acids is 1. The molecule has 1 aromatic heterocycles. The van der Waals surface area contributed by atoms with Crippen molar-refractivity contribution in [2.75, 3.05) is 6.54 Å². The van der Waals surface area contributed by atoms with Crippen LogP contribution in [0.2, 0.25) is 0 Å². The van der Waals surface area contributed by atoms with E-state index in [9.17, 15) is 18.3 Å². The number of aliphatic hydroxyl groups excluding tert-OH is 1. The second kappa shape index (κ2) is 8.12. The van der Waals surface area contributed by atoms with Gasteiger partial charge in [0, 0.05) is 11.4 Å². The van der Waals surface area contributed by atoms with Gasteiger partial charge in [-0.3, -0.25) is 4.79 Å². The zero-order valence-electron chi connectivity index (χ0n) is 14.5. The van der Waals surface area contributed by atoms with Crippen molar-refractivity contribution in [1.82, 2.24) is 5.32 Å². The highest BCUT2D eigenvalue weighted by molar-refractivity contribution is 7.92. The van der Waals surface area contributed by atoms with Gasteiger partial charge >= 0.3 is 0 Å². The third kappa shape index (κ3) is 4.90. The van der Waals surface area contributed by atoms with E-state index in [-0.39, 0.29) is 23.8 Å². The van der Waals surface area contributed by atoms with Gasteiger partial charge in [-0.1, -0.05) is 12.1 Å². The Morgan fingerprint density at radius 1 is 1.20 bits per heavy atom. The smallest absolute Gasteiger partial charge is 0.224 e. The molecule has 2 aromatic rings. The van der Waals surface area contributed by atoms with Gasteiger partial charge in [-0.15, -0.1) is 11.3 Å². The summed E-state index contributed by atoms with van der Waals surface area (Å²) in [5.41, 5.74) is 1.73. The van der Waals surface area contributed by atoms with Crippen LogP contribution < -0.4 is 5.32 Å². The number of rotatable bonds is 7. The standard InChI is InChI=1S/C18H23NO4S2/c1-12(2)25(22,23)15-6-4-14(5-7-15)10-17(21)19-11-16(20)18-13(3)8-9-24-18/h4-9,12,16,20H,10-11H2,1-3H3,(H,19,21)/t16-/m1/s1. The molecular formula is C18H23NO4S2. The molecule has 1 aromatic carbocycles. The molecule has 0 aliphatic heterocycles. The Kier molecular flexibility index (Phi) is 6.37. The molecule has 0 unspecified atom stereocenters. The van der Waals surface area contributed by atoms with Crippen molar-refractivity contribution in [3.05, 3.63) is 51.7 Å². The van der Waals surface area contributed by atoms with Crippen LogP contribution in [0.3, 0.4) is 0 Å². The minimum Gasteiger partial charge on any atom is -0.386 e. The first kappa shape index (κ1) is 19.6. The molecule has 0 spiro atoms. The molecule has 0 saturated carbocycles. The number of sulfone groups is 1. The van der Waals surface area contributed by atoms with Crippen LogP contribution in [0.15, 0.2) is 40.6 Å². The fourth-order valence-corrected chi connectivity index (χ4v) is 4.32. The van der Waals surface area contributed by atoms with E-state index in [2.05, 4.69) is 5.32 Å². The Morgan fingerprint density at radius 3 is 2.36 bits per heavy atom. The summed E-state index contributed by atoms with van der Waals surface area (Å²) in [4.78, 5) is 13.1. The quantitative estimate of drug-likeness (QED) is 0.772. The predicted octanol–water partition coefficient (Wildman–Crippen LogP) is 2.63. The molecule has 0 bridgehead atoms. The normalized spacial score (nSPS) is 13.0. The van der Waals surface area contributed by atoms with Gasteiger partial charge in [0.2, 0.25) is 5.91 Å². The molecule has 0 fully saturated rings. The van der Waals surface area contributed by atoms with E-state index in [1.54, 1.807) is 26.0 Å². The maximum absolute atomic E-state index is 12.1. The Balaban J connectivity index is 1.92. The number of aryl methyl sites for hydroxylation is 1. The lowest BCUT2D eigenvalue weighted by Gasteiger charge is -2.12. The first-order chi connectivity index (χ1) is 11.7. The van der Waals surface area contributed by atoms with E-state index in [1.807, 2.05) is 18.4 Å². The van der Waals surface area contributed by atoms with Gasteiger partial charge in [0.05, 0.1) is 16.6 Å². The number of aliphatic hydroxyl groups is 1. The van der Waals surface area contributed by atoms with Crippen molar-refractivity contribution in [3.8, 4) is 0 Å². The van der Waals surface area contributed by atoms with Crippen molar-refractivity contribution in [1.29, 1.82) is 0 Å². The number of hydrogen-bond acceptors (Lipinski definition) is 5. The SMILES string of the molecule is Cc1ccsc1[C@H](O)CNC(=O)Cc1ccc(S(=O)(=O)C(C)C)cc1. The van der Waals surface area contributed by atoms with E-state index in [0.717, 1.165) is 16.0 Å². The highest BCUT2D eigenvalue weighted by Gasteiger charge is 2.19. The molecule has 1 atom stereocenters. The molecule has 136 valence electrons. The summed E-state index contributed by atoms with van der Waals surface area (Å²) in [6.07, 6.45) is -0.583. The van der Waals surface area contributed by atoms with Crippen LogP contribution in [0.4, 0.5) is 0 Å². The lowest BCUT2D eigenvalue weighted by molar-refractivity contribution is -0.120. The van der Waals surface area contributed by atoms with Gasteiger partial charge in [-0.05, 0) is 55.5 Å². The Labute approximate surface area is 152 Å². The van der Waals surface area contributed by atoms with E-state index < -0.39 is 21.2 Å². The van der Waals surface area contributed by atoms with Gasteiger partial charge in [0.25, 0.3) is 0 Å². The Morgan fingerprint density at radius 2 is 1.84 bits per heavy atom. The number of thiophene rings is 1. The van der Waals surface area contributed by atoms with E-state index in [1.165, 1.54) is 23.5 Å². The zero-order chi connectivity index (χ0) is 18.6. The molecule has 2 N–H and O–H groups in total. The van der Waals surface area contributed by atoms with Crippen molar-refractivity contribution in [2.45, 2.75) is 43.4 Å². The van der Waals surface area contributed by atoms with Crippen molar-refractivity contribution in [3.63, 3.8) is 0 Å². The maximum atomic E-state index is 12.1. The van der Waals surface area contributed by atoms with Gasteiger partial charge in [-0.2, -0.15) is 0 Å². The predicted molar refractivity (Wildman–Crippen MR) is 99.5 cm³/mol. The molecule has 0 radical (unpaired) electrons. The molecular weight excluding hydrogens is 358 g/mol. The highest BCUT2D eigenvalue weighted by atomic mass is 32.2. The fraction of sp³-hybridized carbons (Fsp3) is 0.389. The van der Waals surface area contributed by atoms with Crippen LogP contribution in [0.25, 0.3) is 0 Å². The van der Waals surface area contributed by atoms with E-state index in [0.29, 0.717) is 0 Å². The molecule has 0 aliphatic rings. The molecule has 2 rings (SSSR count). The number of nitrogens with one attached hydrogen (secondary N) is 1. The third-order valence-corrected chi connectivity index (χ3v) is 7.22. The largest absolute Gasteiger partial charge is 0.386 e. The maximum Gasteiger partial charge on any atom is 0.224 e. The van der Waals surface area contributed by atoms with Crippen molar-refractivity contribution >= 4 is 27.1 Å². The van der Waals surface area contributed by atoms with Gasteiger partial charge < -0.3 is 10.4 Å². The van der Waals surface area contributed by atoms with Crippen LogP contribution >= 0.6 is 11.3 Å². The Hall–Kier alpha value is -1.70. The van der Waals surface area contributed by atoms with Gasteiger partial charge in [0.15, 0.2) is 9.84 Å². The molecule has 1 heterocycles. The minimum atomic E-state index is -3.31. The topological polar surface area (TPSA) is 83.5 Å². The van der Waals surface area contributed by atoms with Crippen molar-refractivity contribution < 1.29 is 18.3 Å². The number of carbonyl (C=O) groups is 1. The van der Waals surface area contributed by atoms with Gasteiger partial charge in [-0.25, -0.2) is 8.42 Å². The summed E-state index contributed by atoms with van der Waals surface area (Å²) >= 11 is 1.46. The molecule has 0 saturated heterocycles. The first-order valence-corrected chi connectivity index (χ1v) is 10.5. The summed E-state index contributed by atoms with van der Waals surface area (Å²) in [6.45, 7) is 5.35. The number of benzene rings is 1. The van der Waals surface area contributed by atoms with E-state index >= 15 is 0 Å². The number of amides is 1. The summed E-state index contributed by atoms with van der Waals surface area (Å²) < 4.78 is 24.2. The second-order valence-corrected chi connectivity index (χ2v) is 9.65. The van der Waals surface area contributed by atoms with Crippen LogP contribution in [-0.4, -0.2) is 31.2 Å². The first-order valence-electron chi connectivity index (χ1n) is 8.03. The van der Waals surface area contributed by atoms with Crippen LogP contribution in [0.5, 0.6) is 0 Å². The highest BCUT2D eigenvalue weighted by Crippen LogP contribution is 2.23. The summed E-state index contributed by atoms with van der Waals surface area (Å²) in [6, 6.07) is 8.28. The van der Waals surface area contributed by atoms with Crippen LogP contribution in [0, 0.1) is 6.92 Å². The van der Waals surface area contributed by atoms with Crippen LogP contribution in [-0.2, 0) is 21.1 Å². The Bertz CT molecular complexity index is 823. The van der Waals surface area contributed by atoms with Crippen molar-refractivity contribution in [2.24, 2.45) is 0 Å². The lowest BCUT2D eigenvalue weighted by Crippen LogP contribution is -2.29. The molecule has 25 heavy (non-hydrogen) atoms. The average molecular weight is 382 g/mol. The zero-order valence-corrected chi connectivity index (χ0v) is 16.2. The second-order valence-electron chi connectivity index (χ2n) is 6.20. The lowest BCUT2D eigenvalue weighted by atomic mass is 10.1. The molecule has 0 aliphatic carbocycles. The third-order valence-electron chi connectivity index (χ3n) is 3.93. The van der Waals surface area contributed by atoms with E-state index in [4.69, 9.17) is 0 Å². The fourth-order valence-electron chi connectivity index (χ4n) is 2.35. The average Bonchev–Trinajstić information content (AvgIpc) is 2.99. The summed E-state index contributed by atoms with van der Waals surface area (Å²) in [5, 5.41) is 14.2. The number of hydrogen-bond donors (Lipinski definition) is 2. The summed E-state index contributed by atoms with van der Waals surface area (Å²) in [7, 11) is -3.31. The van der Waals surface area contributed by atoms with Gasteiger partial charge in [0.1, 0.15) is 6.10 Å². The molecule has 7 heteroatoms. The minimum absolute atomic E-state index is 0.137.